The molecule has 4 nitrogen and oxygen atoms in total. The lowest BCUT2D eigenvalue weighted by Crippen LogP contribution is -2.46. The number of rotatable bonds is 2. The SMILES string of the molecule is Nc1cnccc1N1CCN(c2ccccc2Cl)CC1. The minimum absolute atomic E-state index is 0.735. The zero-order valence-corrected chi connectivity index (χ0v) is 11.9. The van der Waals surface area contributed by atoms with Crippen molar-refractivity contribution in [3.63, 3.8) is 0 Å². The van der Waals surface area contributed by atoms with E-state index in [9.17, 15) is 0 Å². The van der Waals surface area contributed by atoms with E-state index in [1.54, 1.807) is 12.4 Å². The maximum atomic E-state index is 6.25. The Balaban J connectivity index is 1.72. The molecule has 2 aromatic rings. The van der Waals surface area contributed by atoms with Crippen LogP contribution in [0.4, 0.5) is 17.1 Å². The average Bonchev–Trinajstić information content (AvgIpc) is 2.49. The summed E-state index contributed by atoms with van der Waals surface area (Å²) in [4.78, 5) is 8.65. The number of hydrogen-bond donors (Lipinski definition) is 1. The Morgan fingerprint density at radius 3 is 2.25 bits per heavy atom. The van der Waals surface area contributed by atoms with Crippen LogP contribution in [0.25, 0.3) is 0 Å². The fourth-order valence-corrected chi connectivity index (χ4v) is 2.84. The number of nitrogens with zero attached hydrogens (tertiary/aromatic N) is 3. The van der Waals surface area contributed by atoms with E-state index in [4.69, 9.17) is 17.3 Å². The fraction of sp³-hybridized carbons (Fsp3) is 0.267. The van der Waals surface area contributed by atoms with E-state index in [1.165, 1.54) is 0 Å². The predicted octanol–water partition coefficient (Wildman–Crippen LogP) is 2.64. The van der Waals surface area contributed by atoms with Crippen LogP contribution < -0.4 is 15.5 Å². The summed E-state index contributed by atoms with van der Waals surface area (Å²) in [5, 5.41) is 0.810. The molecule has 2 N–H and O–H groups in total. The van der Waals surface area contributed by atoms with E-state index >= 15 is 0 Å². The topological polar surface area (TPSA) is 45.4 Å². The first-order chi connectivity index (χ1) is 9.75. The van der Waals surface area contributed by atoms with Crippen LogP contribution in [0, 0.1) is 0 Å². The zero-order chi connectivity index (χ0) is 13.9. The molecule has 20 heavy (non-hydrogen) atoms. The van der Waals surface area contributed by atoms with Crippen LogP contribution in [0.3, 0.4) is 0 Å². The van der Waals surface area contributed by atoms with Gasteiger partial charge in [0, 0.05) is 32.4 Å². The predicted molar refractivity (Wildman–Crippen MR) is 84.5 cm³/mol. The summed E-state index contributed by atoms with van der Waals surface area (Å²) in [7, 11) is 0. The fourth-order valence-electron chi connectivity index (χ4n) is 2.58. The molecular weight excluding hydrogens is 272 g/mol. The van der Waals surface area contributed by atoms with Crippen molar-refractivity contribution in [1.82, 2.24) is 4.98 Å². The van der Waals surface area contributed by atoms with Crippen molar-refractivity contribution >= 4 is 28.7 Å². The number of hydrogen-bond acceptors (Lipinski definition) is 4. The molecule has 0 aliphatic carbocycles. The van der Waals surface area contributed by atoms with Crippen LogP contribution in [-0.4, -0.2) is 31.2 Å². The third-order valence-corrected chi connectivity index (χ3v) is 3.96. The monoisotopic (exact) mass is 288 g/mol. The standard InChI is InChI=1S/C15H17ClN4/c16-12-3-1-2-4-14(12)19-7-9-20(10-8-19)15-5-6-18-11-13(15)17/h1-6,11H,7-10,17H2. The van der Waals surface area contributed by atoms with Gasteiger partial charge in [-0.05, 0) is 18.2 Å². The Morgan fingerprint density at radius 1 is 0.950 bits per heavy atom. The number of anilines is 3. The largest absolute Gasteiger partial charge is 0.396 e. The quantitative estimate of drug-likeness (QED) is 0.923. The summed E-state index contributed by atoms with van der Waals surface area (Å²) in [6.45, 7) is 3.73. The second-order valence-electron chi connectivity index (χ2n) is 4.86. The highest BCUT2D eigenvalue weighted by molar-refractivity contribution is 6.33. The number of aromatic nitrogens is 1. The molecule has 0 saturated carbocycles. The Hall–Kier alpha value is -1.94. The Labute approximate surface area is 123 Å². The van der Waals surface area contributed by atoms with Gasteiger partial charge >= 0.3 is 0 Å². The Kier molecular flexibility index (Phi) is 3.65. The summed E-state index contributed by atoms with van der Waals surface area (Å²) in [6.07, 6.45) is 3.49. The molecule has 2 heterocycles. The number of nitrogens with two attached hydrogens (primary N) is 1. The van der Waals surface area contributed by atoms with Crippen molar-refractivity contribution in [2.24, 2.45) is 0 Å². The Morgan fingerprint density at radius 2 is 1.60 bits per heavy atom. The lowest BCUT2D eigenvalue weighted by atomic mass is 10.2. The molecule has 3 rings (SSSR count). The van der Waals surface area contributed by atoms with Gasteiger partial charge in [-0.1, -0.05) is 23.7 Å². The molecule has 0 unspecified atom stereocenters. The molecule has 1 fully saturated rings. The Bertz CT molecular complexity index is 540. The molecule has 1 saturated heterocycles. The summed E-state index contributed by atoms with van der Waals surface area (Å²) in [6, 6.07) is 9.96. The van der Waals surface area contributed by atoms with Gasteiger partial charge in [-0.2, -0.15) is 0 Å². The van der Waals surface area contributed by atoms with Gasteiger partial charge in [-0.3, -0.25) is 4.98 Å². The van der Waals surface area contributed by atoms with E-state index in [0.717, 1.165) is 48.3 Å². The van der Waals surface area contributed by atoms with E-state index in [-0.39, 0.29) is 0 Å². The minimum atomic E-state index is 0.735. The van der Waals surface area contributed by atoms with Crippen LogP contribution in [0.15, 0.2) is 42.7 Å². The van der Waals surface area contributed by atoms with E-state index in [1.807, 2.05) is 24.3 Å². The van der Waals surface area contributed by atoms with Crippen LogP contribution in [-0.2, 0) is 0 Å². The van der Waals surface area contributed by atoms with Crippen molar-refractivity contribution in [2.75, 3.05) is 41.7 Å². The lowest BCUT2D eigenvalue weighted by Gasteiger charge is -2.38. The normalized spacial score (nSPS) is 15.4. The first kappa shape index (κ1) is 13.1. The zero-order valence-electron chi connectivity index (χ0n) is 11.2. The van der Waals surface area contributed by atoms with Gasteiger partial charge in [0.25, 0.3) is 0 Å². The molecule has 0 radical (unpaired) electrons. The first-order valence-corrected chi connectivity index (χ1v) is 7.07. The van der Waals surface area contributed by atoms with Crippen molar-refractivity contribution in [3.05, 3.63) is 47.7 Å². The third-order valence-electron chi connectivity index (χ3n) is 3.64. The number of halogens is 1. The van der Waals surface area contributed by atoms with Gasteiger partial charge in [0.1, 0.15) is 0 Å². The van der Waals surface area contributed by atoms with Crippen LogP contribution in [0.1, 0.15) is 0 Å². The molecule has 0 amide bonds. The summed E-state index contributed by atoms with van der Waals surface area (Å²) < 4.78 is 0. The van der Waals surface area contributed by atoms with Gasteiger partial charge in [-0.25, -0.2) is 0 Å². The molecule has 0 bridgehead atoms. The highest BCUT2D eigenvalue weighted by Crippen LogP contribution is 2.28. The van der Waals surface area contributed by atoms with Crippen molar-refractivity contribution in [3.8, 4) is 0 Å². The summed E-state index contributed by atoms with van der Waals surface area (Å²) in [5.41, 5.74) is 8.89. The molecule has 1 aromatic heterocycles. The van der Waals surface area contributed by atoms with Crippen molar-refractivity contribution in [1.29, 1.82) is 0 Å². The maximum absolute atomic E-state index is 6.25. The number of piperazine rings is 1. The minimum Gasteiger partial charge on any atom is -0.396 e. The van der Waals surface area contributed by atoms with Crippen LogP contribution >= 0.6 is 11.6 Å². The number of pyridine rings is 1. The highest BCUT2D eigenvalue weighted by atomic mass is 35.5. The molecule has 1 aliphatic heterocycles. The van der Waals surface area contributed by atoms with Crippen molar-refractivity contribution in [2.45, 2.75) is 0 Å². The molecule has 0 atom stereocenters. The lowest BCUT2D eigenvalue weighted by molar-refractivity contribution is 0.654. The smallest absolute Gasteiger partial charge is 0.0738 e. The second kappa shape index (κ2) is 5.59. The highest BCUT2D eigenvalue weighted by Gasteiger charge is 2.20. The van der Waals surface area contributed by atoms with Gasteiger partial charge in [0.2, 0.25) is 0 Å². The van der Waals surface area contributed by atoms with Crippen LogP contribution in [0.2, 0.25) is 5.02 Å². The summed E-state index contributed by atoms with van der Waals surface area (Å²) >= 11 is 6.25. The second-order valence-corrected chi connectivity index (χ2v) is 5.27. The van der Waals surface area contributed by atoms with Crippen LogP contribution in [0.5, 0.6) is 0 Å². The average molecular weight is 289 g/mol. The molecule has 1 aromatic carbocycles. The van der Waals surface area contributed by atoms with Gasteiger partial charge in [0.15, 0.2) is 0 Å². The van der Waals surface area contributed by atoms with E-state index < -0.39 is 0 Å². The summed E-state index contributed by atoms with van der Waals surface area (Å²) in [5.74, 6) is 0. The number of para-hydroxylation sites is 1. The molecule has 104 valence electrons. The van der Waals surface area contributed by atoms with Gasteiger partial charge in [0.05, 0.1) is 28.3 Å². The molecule has 5 heteroatoms. The third kappa shape index (κ3) is 2.51. The van der Waals surface area contributed by atoms with Crippen molar-refractivity contribution < 1.29 is 0 Å². The van der Waals surface area contributed by atoms with Gasteiger partial charge in [-0.15, -0.1) is 0 Å². The number of nitrogen functional groups attached to an aromatic ring is 1. The molecule has 1 aliphatic rings. The molecule has 0 spiro atoms. The van der Waals surface area contributed by atoms with E-state index in [0.29, 0.717) is 0 Å². The molecular formula is C15H17ClN4. The van der Waals surface area contributed by atoms with E-state index in [2.05, 4.69) is 20.9 Å². The number of benzene rings is 1. The first-order valence-electron chi connectivity index (χ1n) is 6.69. The maximum Gasteiger partial charge on any atom is 0.0738 e. The van der Waals surface area contributed by atoms with Gasteiger partial charge < -0.3 is 15.5 Å².